The maximum atomic E-state index is 11.9. The number of aromatic hydroxyl groups is 1. The number of phenols is 1. The van der Waals surface area contributed by atoms with Crippen molar-refractivity contribution in [2.75, 3.05) is 0 Å². The second-order valence-electron chi connectivity index (χ2n) is 5.84. The van der Waals surface area contributed by atoms with Gasteiger partial charge in [-0.25, -0.2) is 0 Å². The predicted molar refractivity (Wildman–Crippen MR) is 91.5 cm³/mol. The van der Waals surface area contributed by atoms with Crippen molar-refractivity contribution < 1.29 is 34.6 Å². The van der Waals surface area contributed by atoms with Crippen molar-refractivity contribution in [3.05, 3.63) is 95.9 Å². The number of rotatable bonds is 7. The average Bonchev–Trinajstić information content (AvgIpc) is 2.65. The molecule has 19 heteroatoms. The highest BCUT2D eigenvalue weighted by atomic mass is 16.7. The number of nitrogens with zero attached hydrogens (tertiary/aromatic N) is 6. The van der Waals surface area contributed by atoms with Gasteiger partial charge in [0, 0.05) is 4.92 Å². The molecule has 0 aliphatic heterocycles. The molecule has 1 atom stereocenters. The highest BCUT2D eigenvalue weighted by Crippen LogP contribution is 2.52. The summed E-state index contributed by atoms with van der Waals surface area (Å²) in [5.74, 6) is -1.81. The summed E-state index contributed by atoms with van der Waals surface area (Å²) in [6, 6.07) is -0.0211. The quantitative estimate of drug-likeness (QED) is 0.461. The van der Waals surface area contributed by atoms with E-state index in [2.05, 4.69) is 0 Å². The van der Waals surface area contributed by atoms with Gasteiger partial charge in [-0.1, -0.05) is 0 Å². The molecular formula is C12H6N6O13. The van der Waals surface area contributed by atoms with Gasteiger partial charge in [-0.2, -0.15) is 0 Å². The van der Waals surface area contributed by atoms with Gasteiger partial charge in [-0.05, 0) is 0 Å². The molecule has 1 N–H and O–H groups in total. The van der Waals surface area contributed by atoms with E-state index in [1.165, 1.54) is 0 Å². The number of benzene rings is 1. The molecule has 162 valence electrons. The standard InChI is InChI=1S/C12H6N6O13/c19-11-8(16(26)27)2-7(15(24)25)9(10(11)17(28)29)12(18(30)31)3-5(13(20)21)1-6(4-12)14(22)23/h1-3,19H,4H2. The first-order valence-corrected chi connectivity index (χ1v) is 7.45. The zero-order valence-electron chi connectivity index (χ0n) is 14.5. The van der Waals surface area contributed by atoms with Gasteiger partial charge in [0.1, 0.15) is 6.42 Å². The Balaban J connectivity index is 3.16. The van der Waals surface area contributed by atoms with E-state index in [1.54, 1.807) is 0 Å². The third-order valence-electron chi connectivity index (χ3n) is 4.17. The van der Waals surface area contributed by atoms with E-state index in [0.29, 0.717) is 6.08 Å². The zero-order valence-corrected chi connectivity index (χ0v) is 14.5. The van der Waals surface area contributed by atoms with E-state index in [1.807, 2.05) is 0 Å². The van der Waals surface area contributed by atoms with E-state index in [9.17, 15) is 65.8 Å². The maximum Gasteiger partial charge on any atom is 0.335 e. The van der Waals surface area contributed by atoms with Gasteiger partial charge in [-0.15, -0.1) is 0 Å². The van der Waals surface area contributed by atoms with Gasteiger partial charge >= 0.3 is 11.4 Å². The molecule has 0 amide bonds. The summed E-state index contributed by atoms with van der Waals surface area (Å²) >= 11 is 0. The fourth-order valence-electron chi connectivity index (χ4n) is 2.95. The number of hydrogen-bond donors (Lipinski definition) is 1. The first-order chi connectivity index (χ1) is 14.2. The van der Waals surface area contributed by atoms with Gasteiger partial charge in [-0.3, -0.25) is 60.7 Å². The average molecular weight is 442 g/mol. The molecule has 0 radical (unpaired) electrons. The van der Waals surface area contributed by atoms with Gasteiger partial charge in [0.05, 0.1) is 42.8 Å². The Hall–Kier alpha value is -5.10. The number of allylic oxidation sites excluding steroid dienone is 1. The normalized spacial score (nSPS) is 17.8. The molecule has 0 bridgehead atoms. The molecule has 0 heterocycles. The fraction of sp³-hybridized carbons (Fsp3) is 0.167. The lowest BCUT2D eigenvalue weighted by molar-refractivity contribution is -0.575. The summed E-state index contributed by atoms with van der Waals surface area (Å²) in [7, 11) is 0. The minimum atomic E-state index is -3.36. The van der Waals surface area contributed by atoms with Crippen molar-refractivity contribution in [3.63, 3.8) is 0 Å². The molecule has 1 aromatic carbocycles. The molecule has 0 saturated heterocycles. The SMILES string of the molecule is O=[N+]([O-])C1=CC(c2c([N+](=O)[O-])cc([N+](=O)[O-])c(O)c2[N+](=O)[O-])([N+](=O)[O-])CC([N+](=O)[O-])=C1. The van der Waals surface area contributed by atoms with Gasteiger partial charge in [0.25, 0.3) is 28.4 Å². The lowest BCUT2D eigenvalue weighted by atomic mass is 9.80. The molecule has 2 rings (SSSR count). The monoisotopic (exact) mass is 442 g/mol. The van der Waals surface area contributed by atoms with E-state index < -0.39 is 81.3 Å². The summed E-state index contributed by atoms with van der Waals surface area (Å²) in [5, 5.41) is 78.2. The molecule has 0 aromatic heterocycles. The van der Waals surface area contributed by atoms with Gasteiger partial charge < -0.3 is 5.11 Å². The first-order valence-electron chi connectivity index (χ1n) is 7.45. The van der Waals surface area contributed by atoms with Gasteiger partial charge in [0.15, 0.2) is 5.56 Å². The van der Waals surface area contributed by atoms with Crippen LogP contribution in [0.15, 0.2) is 29.6 Å². The topological polar surface area (TPSA) is 279 Å². The van der Waals surface area contributed by atoms with Crippen LogP contribution in [0.25, 0.3) is 0 Å². The van der Waals surface area contributed by atoms with E-state index in [0.717, 1.165) is 0 Å². The number of nitro benzene ring substituents is 3. The summed E-state index contributed by atoms with van der Waals surface area (Å²) < 4.78 is 0. The van der Waals surface area contributed by atoms with Crippen molar-refractivity contribution in [1.82, 2.24) is 0 Å². The Labute approximate surface area is 166 Å². The Morgan fingerprint density at radius 2 is 1.32 bits per heavy atom. The van der Waals surface area contributed by atoms with Crippen LogP contribution in [-0.2, 0) is 5.54 Å². The smallest absolute Gasteiger partial charge is 0.335 e. The number of hydrogen-bond acceptors (Lipinski definition) is 13. The Morgan fingerprint density at radius 1 is 0.774 bits per heavy atom. The Morgan fingerprint density at radius 3 is 1.71 bits per heavy atom. The van der Waals surface area contributed by atoms with Crippen molar-refractivity contribution in [1.29, 1.82) is 0 Å². The summed E-state index contributed by atoms with van der Waals surface area (Å²) in [5.41, 5.74) is -12.5. The molecule has 1 aliphatic carbocycles. The molecule has 1 unspecified atom stereocenters. The first kappa shape index (κ1) is 22.2. The number of nitro groups is 6. The van der Waals surface area contributed by atoms with Crippen LogP contribution in [0.4, 0.5) is 17.1 Å². The lowest BCUT2D eigenvalue weighted by Gasteiger charge is -2.22. The van der Waals surface area contributed by atoms with E-state index in [4.69, 9.17) is 0 Å². The molecular weight excluding hydrogens is 436 g/mol. The molecule has 0 saturated carbocycles. The minimum absolute atomic E-state index is 0.0211. The van der Waals surface area contributed by atoms with Crippen molar-refractivity contribution in [2.45, 2.75) is 12.0 Å². The highest BCUT2D eigenvalue weighted by molar-refractivity contribution is 5.73. The van der Waals surface area contributed by atoms with Crippen molar-refractivity contribution in [2.24, 2.45) is 0 Å². The molecule has 19 nitrogen and oxygen atoms in total. The summed E-state index contributed by atoms with van der Waals surface area (Å²) in [6.07, 6.45) is -1.03. The molecule has 0 fully saturated rings. The second-order valence-corrected chi connectivity index (χ2v) is 5.84. The molecule has 1 aliphatic rings. The highest BCUT2D eigenvalue weighted by Gasteiger charge is 2.60. The van der Waals surface area contributed by atoms with E-state index >= 15 is 0 Å². The van der Waals surface area contributed by atoms with Crippen LogP contribution >= 0.6 is 0 Å². The molecule has 1 aromatic rings. The van der Waals surface area contributed by atoms with E-state index in [-0.39, 0.29) is 12.1 Å². The zero-order chi connectivity index (χ0) is 23.8. The minimum Gasteiger partial charge on any atom is -0.497 e. The van der Waals surface area contributed by atoms with Gasteiger partial charge in [0.2, 0.25) is 0 Å². The summed E-state index contributed by atoms with van der Waals surface area (Å²) in [4.78, 5) is 59.6. The second kappa shape index (κ2) is 7.38. The Kier molecular flexibility index (Phi) is 5.28. The van der Waals surface area contributed by atoms with Crippen LogP contribution in [0, 0.1) is 60.7 Å². The van der Waals surface area contributed by atoms with Crippen LogP contribution in [0.3, 0.4) is 0 Å². The van der Waals surface area contributed by atoms with Crippen LogP contribution in [0.1, 0.15) is 12.0 Å². The maximum absolute atomic E-state index is 11.9. The fourth-order valence-corrected chi connectivity index (χ4v) is 2.95. The van der Waals surface area contributed by atoms with Crippen molar-refractivity contribution in [3.8, 4) is 5.75 Å². The largest absolute Gasteiger partial charge is 0.497 e. The third kappa shape index (κ3) is 3.52. The lowest BCUT2D eigenvalue weighted by Crippen LogP contribution is -2.38. The predicted octanol–water partition coefficient (Wildman–Crippen LogP) is 1.31. The Bertz CT molecular complexity index is 1150. The van der Waals surface area contributed by atoms with Crippen LogP contribution in [0.5, 0.6) is 5.75 Å². The van der Waals surface area contributed by atoms with Crippen molar-refractivity contribution >= 4 is 17.1 Å². The molecule has 31 heavy (non-hydrogen) atoms. The van der Waals surface area contributed by atoms with Crippen LogP contribution in [-0.4, -0.2) is 34.6 Å². The van der Waals surface area contributed by atoms with Crippen LogP contribution < -0.4 is 0 Å². The third-order valence-corrected chi connectivity index (χ3v) is 4.17. The molecule has 0 spiro atoms. The summed E-state index contributed by atoms with van der Waals surface area (Å²) in [6.45, 7) is 0. The number of phenolic OH excluding ortho intramolecular Hbond substituents is 1. The van der Waals surface area contributed by atoms with Crippen LogP contribution in [0.2, 0.25) is 0 Å².